The van der Waals surface area contributed by atoms with Crippen LogP contribution in [-0.2, 0) is 14.6 Å². The lowest BCUT2D eigenvalue weighted by atomic mass is 10.2. The molecule has 0 atom stereocenters. The molecule has 1 fully saturated rings. The molecule has 0 unspecified atom stereocenters. The summed E-state index contributed by atoms with van der Waals surface area (Å²) in [5.41, 5.74) is 2.03. The number of anilines is 1. The fourth-order valence-electron chi connectivity index (χ4n) is 3.26. The average molecular weight is 415 g/mol. The molecule has 1 aliphatic heterocycles. The van der Waals surface area contributed by atoms with E-state index in [1.807, 2.05) is 18.2 Å². The molecule has 10 heteroatoms. The van der Waals surface area contributed by atoms with Crippen LogP contribution < -0.4 is 9.74 Å². The number of piperazine rings is 1. The predicted molar refractivity (Wildman–Crippen MR) is 107 cm³/mol. The molecular weight excluding hydrogens is 394 g/mol. The summed E-state index contributed by atoms with van der Waals surface area (Å²) in [6.07, 6.45) is 1.13. The third-order valence-electron chi connectivity index (χ3n) is 4.88. The Hall–Kier alpha value is -3.14. The maximum atomic E-state index is 12.5. The summed E-state index contributed by atoms with van der Waals surface area (Å²) in [5, 5.41) is 7.80. The van der Waals surface area contributed by atoms with E-state index in [1.165, 1.54) is 12.1 Å². The van der Waals surface area contributed by atoms with E-state index in [1.54, 1.807) is 11.0 Å². The summed E-state index contributed by atoms with van der Waals surface area (Å²) < 4.78 is 23.5. The van der Waals surface area contributed by atoms with Gasteiger partial charge in [0.15, 0.2) is 16.4 Å². The standard InChI is InChI=1S/C19H21N5O4S/c1-29(26,27)16-7-8-17-18(13-16)24(21-20-17)28-14-19(25)23-11-9-22(10-12-23)15-5-3-2-4-6-15/h2-8,13H,9-12,14H2,1H3. The number of fused-ring (bicyclic) bond motifs is 1. The number of para-hydroxylation sites is 1. The predicted octanol–water partition coefficient (Wildman–Crippen LogP) is 0.612. The summed E-state index contributed by atoms with van der Waals surface area (Å²) in [4.78, 5) is 23.2. The van der Waals surface area contributed by atoms with Gasteiger partial charge in [-0.2, -0.15) is 0 Å². The van der Waals surface area contributed by atoms with Crippen LogP contribution in [0.2, 0.25) is 0 Å². The Kier molecular flexibility index (Phi) is 5.10. The molecule has 152 valence electrons. The molecule has 0 aliphatic carbocycles. The molecule has 1 aliphatic rings. The van der Waals surface area contributed by atoms with Crippen molar-refractivity contribution < 1.29 is 18.0 Å². The third kappa shape index (κ3) is 4.16. The van der Waals surface area contributed by atoms with Gasteiger partial charge in [0, 0.05) is 38.1 Å². The van der Waals surface area contributed by atoms with Gasteiger partial charge in [0.05, 0.1) is 4.90 Å². The van der Waals surface area contributed by atoms with Crippen molar-refractivity contribution in [2.45, 2.75) is 4.90 Å². The molecule has 2 heterocycles. The van der Waals surface area contributed by atoms with E-state index in [9.17, 15) is 13.2 Å². The van der Waals surface area contributed by atoms with Crippen molar-refractivity contribution in [1.82, 2.24) is 20.1 Å². The van der Waals surface area contributed by atoms with E-state index in [0.717, 1.165) is 29.9 Å². The topological polar surface area (TPSA) is 97.6 Å². The monoisotopic (exact) mass is 415 g/mol. The highest BCUT2D eigenvalue weighted by Crippen LogP contribution is 2.17. The van der Waals surface area contributed by atoms with Crippen LogP contribution in [0.1, 0.15) is 0 Å². The number of rotatable bonds is 5. The lowest BCUT2D eigenvalue weighted by molar-refractivity contribution is -0.137. The van der Waals surface area contributed by atoms with E-state index < -0.39 is 9.84 Å². The van der Waals surface area contributed by atoms with Crippen LogP contribution in [0.3, 0.4) is 0 Å². The van der Waals surface area contributed by atoms with Gasteiger partial charge in [-0.1, -0.05) is 23.0 Å². The first-order valence-corrected chi connectivity index (χ1v) is 11.1. The maximum Gasteiger partial charge on any atom is 0.263 e. The number of hydrogen-bond acceptors (Lipinski definition) is 7. The third-order valence-corrected chi connectivity index (χ3v) is 5.99. The van der Waals surface area contributed by atoms with Gasteiger partial charge in [-0.15, -0.1) is 5.10 Å². The van der Waals surface area contributed by atoms with Gasteiger partial charge in [0.2, 0.25) is 0 Å². The Morgan fingerprint density at radius 3 is 2.48 bits per heavy atom. The lowest BCUT2D eigenvalue weighted by Crippen LogP contribution is -2.50. The molecule has 4 rings (SSSR count). The molecule has 2 aromatic carbocycles. The Morgan fingerprint density at radius 2 is 1.79 bits per heavy atom. The van der Waals surface area contributed by atoms with Crippen molar-refractivity contribution in [3.05, 3.63) is 48.5 Å². The Morgan fingerprint density at radius 1 is 1.07 bits per heavy atom. The van der Waals surface area contributed by atoms with Gasteiger partial charge >= 0.3 is 0 Å². The first-order chi connectivity index (χ1) is 13.9. The molecule has 0 saturated carbocycles. The fourth-order valence-corrected chi connectivity index (χ4v) is 3.91. The van der Waals surface area contributed by atoms with Gasteiger partial charge in [0.25, 0.3) is 5.91 Å². The average Bonchev–Trinajstić information content (AvgIpc) is 3.14. The summed E-state index contributed by atoms with van der Waals surface area (Å²) in [6.45, 7) is 2.51. The van der Waals surface area contributed by atoms with Crippen LogP contribution in [0.25, 0.3) is 11.0 Å². The van der Waals surface area contributed by atoms with Crippen molar-refractivity contribution in [1.29, 1.82) is 0 Å². The van der Waals surface area contributed by atoms with E-state index >= 15 is 0 Å². The van der Waals surface area contributed by atoms with Crippen molar-refractivity contribution in [3.63, 3.8) is 0 Å². The Bertz CT molecular complexity index is 1120. The first kappa shape index (κ1) is 19.2. The minimum atomic E-state index is -3.37. The highest BCUT2D eigenvalue weighted by Gasteiger charge is 2.22. The van der Waals surface area contributed by atoms with Gasteiger partial charge in [-0.25, -0.2) is 8.42 Å². The van der Waals surface area contributed by atoms with Crippen molar-refractivity contribution in [2.75, 3.05) is 43.9 Å². The number of benzene rings is 2. The summed E-state index contributed by atoms with van der Waals surface area (Å²) in [7, 11) is -3.37. The summed E-state index contributed by atoms with van der Waals surface area (Å²) in [5.74, 6) is -0.152. The first-order valence-electron chi connectivity index (χ1n) is 9.18. The molecule has 0 bridgehead atoms. The molecular formula is C19H21N5O4S. The molecule has 1 aromatic heterocycles. The van der Waals surface area contributed by atoms with Crippen LogP contribution in [0.4, 0.5) is 5.69 Å². The second kappa shape index (κ2) is 7.70. The quantitative estimate of drug-likeness (QED) is 0.602. The minimum Gasteiger partial charge on any atom is -0.385 e. The molecule has 1 saturated heterocycles. The maximum absolute atomic E-state index is 12.5. The highest BCUT2D eigenvalue weighted by molar-refractivity contribution is 7.90. The number of hydrogen-bond donors (Lipinski definition) is 0. The van der Waals surface area contributed by atoms with Gasteiger partial charge in [-0.05, 0) is 35.5 Å². The van der Waals surface area contributed by atoms with Crippen molar-refractivity contribution in [3.8, 4) is 0 Å². The molecule has 9 nitrogen and oxygen atoms in total. The molecule has 29 heavy (non-hydrogen) atoms. The zero-order valence-corrected chi connectivity index (χ0v) is 16.7. The number of nitrogens with zero attached hydrogens (tertiary/aromatic N) is 5. The normalized spacial score (nSPS) is 14.9. The van der Waals surface area contributed by atoms with E-state index in [-0.39, 0.29) is 17.4 Å². The number of amides is 1. The molecule has 1 amide bonds. The highest BCUT2D eigenvalue weighted by atomic mass is 32.2. The fraction of sp³-hybridized carbons (Fsp3) is 0.316. The minimum absolute atomic E-state index is 0.139. The van der Waals surface area contributed by atoms with Crippen LogP contribution in [0.15, 0.2) is 53.4 Å². The van der Waals surface area contributed by atoms with Crippen LogP contribution in [-0.4, -0.2) is 73.4 Å². The number of aromatic nitrogens is 3. The van der Waals surface area contributed by atoms with Gasteiger partial charge in [-0.3, -0.25) is 4.79 Å². The molecule has 0 radical (unpaired) electrons. The van der Waals surface area contributed by atoms with E-state index in [4.69, 9.17) is 4.84 Å². The molecule has 0 spiro atoms. The number of carbonyl (C=O) groups excluding carboxylic acids is 1. The SMILES string of the molecule is CS(=O)(=O)c1ccc2nnn(OCC(=O)N3CCN(c4ccccc4)CC3)c2c1. The van der Waals surface area contributed by atoms with Crippen LogP contribution in [0.5, 0.6) is 0 Å². The second-order valence-corrected chi connectivity index (χ2v) is 8.88. The van der Waals surface area contributed by atoms with E-state index in [2.05, 4.69) is 27.3 Å². The zero-order chi connectivity index (χ0) is 20.4. The van der Waals surface area contributed by atoms with Crippen LogP contribution >= 0.6 is 0 Å². The Labute approximate surface area is 168 Å². The van der Waals surface area contributed by atoms with Crippen molar-refractivity contribution in [2.24, 2.45) is 0 Å². The lowest BCUT2D eigenvalue weighted by Gasteiger charge is -2.36. The summed E-state index contributed by atoms with van der Waals surface area (Å²) >= 11 is 0. The smallest absolute Gasteiger partial charge is 0.263 e. The van der Waals surface area contributed by atoms with Gasteiger partial charge in [0.1, 0.15) is 11.0 Å². The second-order valence-electron chi connectivity index (χ2n) is 6.86. The zero-order valence-electron chi connectivity index (χ0n) is 15.9. The van der Waals surface area contributed by atoms with Gasteiger partial charge < -0.3 is 14.6 Å². The molecule has 0 N–H and O–H groups in total. The number of carbonyl (C=O) groups is 1. The van der Waals surface area contributed by atoms with E-state index in [0.29, 0.717) is 24.1 Å². The molecule has 3 aromatic rings. The Balaban J connectivity index is 1.38. The van der Waals surface area contributed by atoms with Crippen molar-refractivity contribution >= 4 is 32.5 Å². The van der Waals surface area contributed by atoms with Crippen LogP contribution in [0, 0.1) is 0 Å². The number of sulfone groups is 1. The summed E-state index contributed by atoms with van der Waals surface area (Å²) in [6, 6.07) is 14.6. The largest absolute Gasteiger partial charge is 0.385 e.